The molecular formula is C13H19N3O2S. The highest BCUT2D eigenvalue weighted by Gasteiger charge is 2.21. The first-order chi connectivity index (χ1) is 8.89. The zero-order chi connectivity index (χ0) is 14.0. The van der Waals surface area contributed by atoms with Gasteiger partial charge in [-0.05, 0) is 25.5 Å². The first-order valence-corrected chi connectivity index (χ1v) is 8.11. The maximum absolute atomic E-state index is 11.6. The zero-order valence-electron chi connectivity index (χ0n) is 11.0. The molecule has 1 aliphatic heterocycles. The lowest BCUT2D eigenvalue weighted by atomic mass is 10.1. The first-order valence-electron chi connectivity index (χ1n) is 6.29. The molecule has 1 aromatic rings. The molecule has 0 bridgehead atoms. The van der Waals surface area contributed by atoms with Gasteiger partial charge in [0.15, 0.2) is 9.84 Å². The van der Waals surface area contributed by atoms with Gasteiger partial charge in [0.25, 0.3) is 0 Å². The van der Waals surface area contributed by atoms with Crippen molar-refractivity contribution in [3.63, 3.8) is 0 Å². The van der Waals surface area contributed by atoms with E-state index in [1.807, 2.05) is 30.0 Å². The van der Waals surface area contributed by atoms with Crippen LogP contribution in [0.2, 0.25) is 0 Å². The van der Waals surface area contributed by atoms with Crippen molar-refractivity contribution in [1.29, 1.82) is 5.41 Å². The minimum Gasteiger partial charge on any atom is -0.384 e. The second-order valence-corrected chi connectivity index (χ2v) is 7.23. The van der Waals surface area contributed by atoms with Crippen molar-refractivity contribution in [1.82, 2.24) is 0 Å². The summed E-state index contributed by atoms with van der Waals surface area (Å²) in [7, 11) is -2.93. The van der Waals surface area contributed by atoms with E-state index in [2.05, 4.69) is 0 Å². The molecule has 0 saturated carbocycles. The van der Waals surface area contributed by atoms with Gasteiger partial charge in [-0.1, -0.05) is 11.6 Å². The molecule has 104 valence electrons. The van der Waals surface area contributed by atoms with Crippen molar-refractivity contribution in [2.75, 3.05) is 29.5 Å². The number of anilines is 1. The SMILES string of the molecule is Cc1ccc(N2CCCS(=O)(=O)CC2)c(C(=N)N)c1. The van der Waals surface area contributed by atoms with Gasteiger partial charge in [0.1, 0.15) is 5.84 Å². The Labute approximate surface area is 113 Å². The highest BCUT2D eigenvalue weighted by Crippen LogP contribution is 2.23. The van der Waals surface area contributed by atoms with Crippen LogP contribution in [0.5, 0.6) is 0 Å². The molecule has 1 fully saturated rings. The van der Waals surface area contributed by atoms with Gasteiger partial charge in [-0.15, -0.1) is 0 Å². The average Bonchev–Trinajstić information content (AvgIpc) is 2.50. The number of nitrogens with zero attached hydrogens (tertiary/aromatic N) is 1. The molecule has 0 spiro atoms. The molecule has 2 rings (SSSR count). The highest BCUT2D eigenvalue weighted by atomic mass is 32.2. The summed E-state index contributed by atoms with van der Waals surface area (Å²) in [6, 6.07) is 5.75. The molecule has 1 heterocycles. The van der Waals surface area contributed by atoms with Gasteiger partial charge in [-0.2, -0.15) is 0 Å². The monoisotopic (exact) mass is 281 g/mol. The van der Waals surface area contributed by atoms with E-state index < -0.39 is 9.84 Å². The molecular weight excluding hydrogens is 262 g/mol. The number of amidine groups is 1. The van der Waals surface area contributed by atoms with Crippen LogP contribution in [-0.4, -0.2) is 38.8 Å². The van der Waals surface area contributed by atoms with Gasteiger partial charge >= 0.3 is 0 Å². The molecule has 5 nitrogen and oxygen atoms in total. The molecule has 6 heteroatoms. The van der Waals surface area contributed by atoms with Crippen LogP contribution in [0.3, 0.4) is 0 Å². The van der Waals surface area contributed by atoms with Gasteiger partial charge in [0.2, 0.25) is 0 Å². The molecule has 19 heavy (non-hydrogen) atoms. The number of nitrogen functional groups attached to an aromatic ring is 1. The summed E-state index contributed by atoms with van der Waals surface area (Å²) in [4.78, 5) is 2.01. The van der Waals surface area contributed by atoms with Crippen LogP contribution in [0, 0.1) is 12.3 Å². The molecule has 1 aromatic carbocycles. The Morgan fingerprint density at radius 3 is 2.74 bits per heavy atom. The fraction of sp³-hybridized carbons (Fsp3) is 0.462. The van der Waals surface area contributed by atoms with Gasteiger partial charge in [0, 0.05) is 24.3 Å². The summed E-state index contributed by atoms with van der Waals surface area (Å²) in [6.07, 6.45) is 0.619. The Balaban J connectivity index is 2.34. The maximum atomic E-state index is 11.6. The molecule has 0 amide bonds. The number of sulfone groups is 1. The topological polar surface area (TPSA) is 87.2 Å². The molecule has 0 aromatic heterocycles. The first kappa shape index (κ1) is 13.9. The van der Waals surface area contributed by atoms with Crippen LogP contribution in [0.4, 0.5) is 5.69 Å². The molecule has 0 atom stereocenters. The summed E-state index contributed by atoms with van der Waals surface area (Å²) in [5.41, 5.74) is 8.20. The van der Waals surface area contributed by atoms with Crippen molar-refractivity contribution < 1.29 is 8.42 Å². The maximum Gasteiger partial charge on any atom is 0.152 e. The lowest BCUT2D eigenvalue weighted by Crippen LogP contribution is -2.29. The van der Waals surface area contributed by atoms with Gasteiger partial charge < -0.3 is 10.6 Å². The van der Waals surface area contributed by atoms with E-state index >= 15 is 0 Å². The van der Waals surface area contributed by atoms with Crippen LogP contribution in [0.25, 0.3) is 0 Å². The predicted molar refractivity (Wildman–Crippen MR) is 77.7 cm³/mol. The quantitative estimate of drug-likeness (QED) is 0.623. The predicted octanol–water partition coefficient (Wildman–Crippen LogP) is 0.904. The Bertz CT molecular complexity index is 596. The Hall–Kier alpha value is -1.56. The number of nitrogens with one attached hydrogen (secondary N) is 1. The molecule has 0 radical (unpaired) electrons. The Morgan fingerprint density at radius 2 is 2.05 bits per heavy atom. The van der Waals surface area contributed by atoms with Crippen LogP contribution in [0.1, 0.15) is 17.5 Å². The summed E-state index contributed by atoms with van der Waals surface area (Å²) in [6.45, 7) is 3.09. The average molecular weight is 281 g/mol. The lowest BCUT2D eigenvalue weighted by Gasteiger charge is -2.25. The number of hydrogen-bond acceptors (Lipinski definition) is 4. The van der Waals surface area contributed by atoms with E-state index in [0.29, 0.717) is 25.1 Å². The van der Waals surface area contributed by atoms with Crippen LogP contribution in [-0.2, 0) is 9.84 Å². The fourth-order valence-electron chi connectivity index (χ4n) is 2.32. The van der Waals surface area contributed by atoms with Crippen molar-refractivity contribution in [3.05, 3.63) is 29.3 Å². The lowest BCUT2D eigenvalue weighted by molar-refractivity contribution is 0.597. The number of hydrogen-bond donors (Lipinski definition) is 2. The largest absolute Gasteiger partial charge is 0.384 e. The second kappa shape index (κ2) is 5.21. The van der Waals surface area contributed by atoms with Gasteiger partial charge in [0.05, 0.1) is 11.5 Å². The fourth-order valence-corrected chi connectivity index (χ4v) is 3.59. The number of rotatable bonds is 2. The standard InChI is InChI=1S/C13H19N3O2S/c1-10-3-4-12(11(9-10)13(14)15)16-5-2-7-19(17,18)8-6-16/h3-4,9H,2,5-8H2,1H3,(H3,14,15). The normalized spacial score (nSPS) is 18.9. The summed E-state index contributed by atoms with van der Waals surface area (Å²) in [5.74, 6) is 0.425. The number of benzene rings is 1. The Kier molecular flexibility index (Phi) is 3.80. The Morgan fingerprint density at radius 1 is 1.32 bits per heavy atom. The third kappa shape index (κ3) is 3.26. The van der Waals surface area contributed by atoms with E-state index in [0.717, 1.165) is 11.3 Å². The van der Waals surface area contributed by atoms with Crippen molar-refractivity contribution in [3.8, 4) is 0 Å². The van der Waals surface area contributed by atoms with E-state index in [-0.39, 0.29) is 17.3 Å². The number of aryl methyl sites for hydroxylation is 1. The summed E-state index contributed by atoms with van der Waals surface area (Å²) >= 11 is 0. The highest BCUT2D eigenvalue weighted by molar-refractivity contribution is 7.91. The summed E-state index contributed by atoms with van der Waals surface area (Å²) in [5, 5.41) is 7.66. The van der Waals surface area contributed by atoms with Crippen LogP contribution < -0.4 is 10.6 Å². The van der Waals surface area contributed by atoms with E-state index in [4.69, 9.17) is 11.1 Å². The third-order valence-corrected chi connectivity index (χ3v) is 5.05. The van der Waals surface area contributed by atoms with Crippen molar-refractivity contribution >= 4 is 21.4 Å². The van der Waals surface area contributed by atoms with Crippen molar-refractivity contribution in [2.24, 2.45) is 5.73 Å². The molecule has 1 aliphatic rings. The van der Waals surface area contributed by atoms with Crippen LogP contribution in [0.15, 0.2) is 18.2 Å². The zero-order valence-corrected chi connectivity index (χ0v) is 11.8. The van der Waals surface area contributed by atoms with Crippen molar-refractivity contribution in [2.45, 2.75) is 13.3 Å². The van der Waals surface area contributed by atoms with Crippen LogP contribution >= 0.6 is 0 Å². The smallest absolute Gasteiger partial charge is 0.152 e. The van der Waals surface area contributed by atoms with E-state index in [9.17, 15) is 8.42 Å². The molecule has 0 aliphatic carbocycles. The van der Waals surface area contributed by atoms with E-state index in [1.165, 1.54) is 0 Å². The molecule has 0 unspecified atom stereocenters. The van der Waals surface area contributed by atoms with Gasteiger partial charge in [-0.3, -0.25) is 5.41 Å². The molecule has 3 N–H and O–H groups in total. The summed E-state index contributed by atoms with van der Waals surface area (Å²) < 4.78 is 23.3. The minimum atomic E-state index is -2.93. The third-order valence-electron chi connectivity index (χ3n) is 3.34. The second-order valence-electron chi connectivity index (χ2n) is 4.93. The van der Waals surface area contributed by atoms with Gasteiger partial charge in [-0.25, -0.2) is 8.42 Å². The van der Waals surface area contributed by atoms with E-state index in [1.54, 1.807) is 0 Å². The minimum absolute atomic E-state index is 0.0193. The molecule has 1 saturated heterocycles. The number of nitrogens with two attached hydrogens (primary N) is 1.